The number of nitrogens with two attached hydrogens (primary N) is 1. The van der Waals surface area contributed by atoms with Crippen molar-refractivity contribution in [1.82, 2.24) is 4.90 Å². The molecule has 2 nitrogen and oxygen atoms in total. The predicted molar refractivity (Wildman–Crippen MR) is 89.7 cm³/mol. The molecule has 2 unspecified atom stereocenters. The van der Waals surface area contributed by atoms with Gasteiger partial charge in [-0.2, -0.15) is 0 Å². The highest BCUT2D eigenvalue weighted by Crippen LogP contribution is 2.34. The largest absolute Gasteiger partial charge is 0.327 e. The number of hydrogen-bond acceptors (Lipinski definition) is 2. The van der Waals surface area contributed by atoms with Crippen molar-refractivity contribution in [2.75, 3.05) is 13.1 Å². The van der Waals surface area contributed by atoms with Gasteiger partial charge in [0.2, 0.25) is 0 Å². The van der Waals surface area contributed by atoms with Crippen molar-refractivity contribution < 1.29 is 0 Å². The number of nitrogens with zero attached hydrogens (tertiary/aromatic N) is 1. The fourth-order valence-electron chi connectivity index (χ4n) is 3.07. The van der Waals surface area contributed by atoms with Gasteiger partial charge in [-0.3, -0.25) is 4.90 Å². The Morgan fingerprint density at radius 2 is 1.95 bits per heavy atom. The molecule has 20 heavy (non-hydrogen) atoms. The molecule has 0 spiro atoms. The summed E-state index contributed by atoms with van der Waals surface area (Å²) in [6.45, 7) is 8.96. The first kappa shape index (κ1) is 17.8. The van der Waals surface area contributed by atoms with Crippen molar-refractivity contribution in [2.24, 2.45) is 11.1 Å². The minimum Gasteiger partial charge on any atom is -0.327 e. The van der Waals surface area contributed by atoms with Gasteiger partial charge in [0.25, 0.3) is 0 Å². The minimum atomic E-state index is 0. The van der Waals surface area contributed by atoms with E-state index in [2.05, 4.69) is 37.8 Å². The molecule has 2 atom stereocenters. The standard InChI is InChI=1S/C16H25ClN2.ClH/c1-4-14(12-5-7-13(17)8-6-12)19-10-9-15(18)16(2,3)11-19;/h5-8,14-15H,4,9-11,18H2,1-3H3;1H. The van der Waals surface area contributed by atoms with E-state index in [-0.39, 0.29) is 17.8 Å². The molecule has 1 fully saturated rings. The first-order valence-electron chi connectivity index (χ1n) is 7.19. The Morgan fingerprint density at radius 3 is 2.45 bits per heavy atom. The number of rotatable bonds is 3. The summed E-state index contributed by atoms with van der Waals surface area (Å²) >= 11 is 5.98. The lowest BCUT2D eigenvalue weighted by Gasteiger charge is -2.45. The summed E-state index contributed by atoms with van der Waals surface area (Å²) in [5, 5.41) is 0.805. The highest BCUT2D eigenvalue weighted by molar-refractivity contribution is 6.30. The van der Waals surface area contributed by atoms with Gasteiger partial charge in [0.15, 0.2) is 0 Å². The zero-order valence-electron chi connectivity index (χ0n) is 12.6. The fourth-order valence-corrected chi connectivity index (χ4v) is 3.20. The van der Waals surface area contributed by atoms with E-state index in [1.807, 2.05) is 12.1 Å². The van der Waals surface area contributed by atoms with Gasteiger partial charge in [0.05, 0.1) is 0 Å². The lowest BCUT2D eigenvalue weighted by molar-refractivity contribution is 0.0588. The minimum absolute atomic E-state index is 0. The van der Waals surface area contributed by atoms with E-state index < -0.39 is 0 Å². The van der Waals surface area contributed by atoms with E-state index in [0.29, 0.717) is 12.1 Å². The summed E-state index contributed by atoms with van der Waals surface area (Å²) in [6, 6.07) is 9.06. The topological polar surface area (TPSA) is 29.3 Å². The highest BCUT2D eigenvalue weighted by atomic mass is 35.5. The zero-order valence-corrected chi connectivity index (χ0v) is 14.2. The summed E-state index contributed by atoms with van der Waals surface area (Å²) in [5.74, 6) is 0. The third-order valence-electron chi connectivity index (χ3n) is 4.42. The molecule has 2 rings (SSSR count). The molecule has 0 bridgehead atoms. The molecular formula is C16H26Cl2N2. The molecule has 1 aromatic rings. The molecule has 1 aliphatic heterocycles. The quantitative estimate of drug-likeness (QED) is 0.902. The Morgan fingerprint density at radius 1 is 1.35 bits per heavy atom. The maximum absolute atomic E-state index is 6.23. The second kappa shape index (κ2) is 7.13. The summed E-state index contributed by atoms with van der Waals surface area (Å²) < 4.78 is 0. The van der Waals surface area contributed by atoms with Crippen molar-refractivity contribution in [2.45, 2.75) is 45.7 Å². The predicted octanol–water partition coefficient (Wildman–Crippen LogP) is 4.27. The number of piperidine rings is 1. The van der Waals surface area contributed by atoms with Gasteiger partial charge in [0, 0.05) is 30.2 Å². The van der Waals surface area contributed by atoms with Crippen molar-refractivity contribution >= 4 is 24.0 Å². The van der Waals surface area contributed by atoms with Crippen molar-refractivity contribution in [1.29, 1.82) is 0 Å². The van der Waals surface area contributed by atoms with Gasteiger partial charge >= 0.3 is 0 Å². The zero-order chi connectivity index (χ0) is 14.0. The molecule has 2 N–H and O–H groups in total. The molecule has 1 aromatic carbocycles. The Hall–Kier alpha value is -0.280. The average molecular weight is 317 g/mol. The van der Waals surface area contributed by atoms with Crippen LogP contribution in [0.4, 0.5) is 0 Å². The van der Waals surface area contributed by atoms with Crippen LogP contribution >= 0.6 is 24.0 Å². The Bertz CT molecular complexity index is 417. The fraction of sp³-hybridized carbons (Fsp3) is 0.625. The number of benzene rings is 1. The molecule has 0 saturated carbocycles. The van der Waals surface area contributed by atoms with Crippen LogP contribution in [-0.2, 0) is 0 Å². The average Bonchev–Trinajstić information content (AvgIpc) is 2.36. The smallest absolute Gasteiger partial charge is 0.0406 e. The first-order valence-corrected chi connectivity index (χ1v) is 7.57. The van der Waals surface area contributed by atoms with Crippen molar-refractivity contribution in [3.05, 3.63) is 34.9 Å². The van der Waals surface area contributed by atoms with Crippen LogP contribution in [0.3, 0.4) is 0 Å². The van der Waals surface area contributed by atoms with Crippen LogP contribution in [0.25, 0.3) is 0 Å². The molecule has 114 valence electrons. The molecule has 4 heteroatoms. The third-order valence-corrected chi connectivity index (χ3v) is 4.68. The second-order valence-electron chi connectivity index (χ2n) is 6.33. The van der Waals surface area contributed by atoms with E-state index >= 15 is 0 Å². The Kier molecular flexibility index (Phi) is 6.33. The molecular weight excluding hydrogens is 291 g/mol. The van der Waals surface area contributed by atoms with Crippen LogP contribution in [0.15, 0.2) is 24.3 Å². The van der Waals surface area contributed by atoms with Crippen LogP contribution in [-0.4, -0.2) is 24.0 Å². The molecule has 0 radical (unpaired) electrons. The number of likely N-dealkylation sites (tertiary alicyclic amines) is 1. The lowest BCUT2D eigenvalue weighted by Crippen LogP contribution is -2.53. The van der Waals surface area contributed by atoms with Gasteiger partial charge in [-0.1, -0.05) is 44.5 Å². The summed E-state index contributed by atoms with van der Waals surface area (Å²) in [7, 11) is 0. The van der Waals surface area contributed by atoms with E-state index in [1.165, 1.54) is 5.56 Å². The Labute approximate surface area is 134 Å². The SMILES string of the molecule is CCC(c1ccc(Cl)cc1)N1CCC(N)C(C)(C)C1.Cl. The highest BCUT2D eigenvalue weighted by Gasteiger charge is 2.35. The Balaban J connectivity index is 0.00000200. The summed E-state index contributed by atoms with van der Waals surface area (Å²) in [4.78, 5) is 2.58. The van der Waals surface area contributed by atoms with Crippen molar-refractivity contribution in [3.8, 4) is 0 Å². The molecule has 1 saturated heterocycles. The van der Waals surface area contributed by atoms with E-state index in [0.717, 1.165) is 31.0 Å². The third kappa shape index (κ3) is 3.88. The van der Waals surface area contributed by atoms with Crippen LogP contribution in [0.2, 0.25) is 5.02 Å². The van der Waals surface area contributed by atoms with Gasteiger partial charge in [-0.05, 0) is 36.0 Å². The van der Waals surface area contributed by atoms with Gasteiger partial charge in [-0.25, -0.2) is 0 Å². The van der Waals surface area contributed by atoms with E-state index in [4.69, 9.17) is 17.3 Å². The van der Waals surface area contributed by atoms with Crippen LogP contribution in [0.5, 0.6) is 0 Å². The monoisotopic (exact) mass is 316 g/mol. The van der Waals surface area contributed by atoms with E-state index in [1.54, 1.807) is 0 Å². The molecule has 1 heterocycles. The van der Waals surface area contributed by atoms with Crippen LogP contribution in [0, 0.1) is 5.41 Å². The van der Waals surface area contributed by atoms with Gasteiger partial charge in [-0.15, -0.1) is 12.4 Å². The number of halogens is 2. The van der Waals surface area contributed by atoms with E-state index in [9.17, 15) is 0 Å². The molecule has 0 aromatic heterocycles. The van der Waals surface area contributed by atoms with Crippen molar-refractivity contribution in [3.63, 3.8) is 0 Å². The summed E-state index contributed by atoms with van der Waals surface area (Å²) in [6.07, 6.45) is 2.20. The molecule has 1 aliphatic rings. The maximum atomic E-state index is 6.23. The normalized spacial score (nSPS) is 23.9. The van der Waals surface area contributed by atoms with Gasteiger partial charge < -0.3 is 5.73 Å². The van der Waals surface area contributed by atoms with Crippen LogP contribution < -0.4 is 5.73 Å². The summed E-state index contributed by atoms with van der Waals surface area (Å²) in [5.41, 5.74) is 7.78. The van der Waals surface area contributed by atoms with Crippen LogP contribution in [0.1, 0.15) is 45.2 Å². The first-order chi connectivity index (χ1) is 8.94. The second-order valence-corrected chi connectivity index (χ2v) is 6.77. The molecule has 0 aliphatic carbocycles. The van der Waals surface area contributed by atoms with Gasteiger partial charge in [0.1, 0.15) is 0 Å². The maximum Gasteiger partial charge on any atom is 0.0406 e. The number of hydrogen-bond donors (Lipinski definition) is 1. The lowest BCUT2D eigenvalue weighted by atomic mass is 9.78. The molecule has 0 amide bonds.